The fourth-order valence-corrected chi connectivity index (χ4v) is 3.57. The molecule has 0 atom stereocenters. The number of nitrogens with one attached hydrogen (secondary N) is 2. The molecule has 0 radical (unpaired) electrons. The largest absolute Gasteiger partial charge is 0.420 e. The maximum Gasteiger partial charge on any atom is 0.420 e. The van der Waals surface area contributed by atoms with E-state index in [0.29, 0.717) is 17.8 Å². The third-order valence-corrected chi connectivity index (χ3v) is 4.85. The highest BCUT2D eigenvalue weighted by Crippen LogP contribution is 2.43. The highest BCUT2D eigenvalue weighted by molar-refractivity contribution is 7.92. The normalized spacial score (nSPS) is 15.7. The number of aromatic nitrogens is 2. The van der Waals surface area contributed by atoms with Gasteiger partial charge in [0.1, 0.15) is 16.3 Å². The summed E-state index contributed by atoms with van der Waals surface area (Å²) in [5.41, 5.74) is -1.23. The van der Waals surface area contributed by atoms with Crippen molar-refractivity contribution in [3.05, 3.63) is 41.5 Å². The summed E-state index contributed by atoms with van der Waals surface area (Å²) in [4.78, 5) is -1.16. The van der Waals surface area contributed by atoms with Gasteiger partial charge in [0.05, 0.1) is 17.6 Å². The Labute approximate surface area is 128 Å². The van der Waals surface area contributed by atoms with Crippen molar-refractivity contribution in [3.63, 3.8) is 0 Å². The van der Waals surface area contributed by atoms with Crippen molar-refractivity contribution >= 4 is 15.7 Å². The van der Waals surface area contributed by atoms with E-state index >= 15 is 0 Å². The first-order valence-corrected chi connectivity index (χ1v) is 8.10. The maximum absolute atomic E-state index is 13.5. The predicted octanol–water partition coefficient (Wildman–Crippen LogP) is 3.25. The van der Waals surface area contributed by atoms with E-state index in [-0.39, 0.29) is 11.6 Å². The van der Waals surface area contributed by atoms with E-state index in [4.69, 9.17) is 0 Å². The Morgan fingerprint density at radius 2 is 1.96 bits per heavy atom. The Kier molecular flexibility index (Phi) is 3.58. The molecule has 0 aliphatic heterocycles. The number of rotatable bonds is 4. The molecule has 0 spiro atoms. The van der Waals surface area contributed by atoms with Gasteiger partial charge >= 0.3 is 6.18 Å². The van der Waals surface area contributed by atoms with E-state index in [1.807, 2.05) is 0 Å². The molecule has 0 bridgehead atoms. The summed E-state index contributed by atoms with van der Waals surface area (Å²) in [5.74, 6) is -1.54. The summed E-state index contributed by atoms with van der Waals surface area (Å²) < 4.78 is 79.1. The molecule has 0 saturated heterocycles. The lowest BCUT2D eigenvalue weighted by Crippen LogP contribution is -2.20. The Hall–Kier alpha value is -2.10. The summed E-state index contributed by atoms with van der Waals surface area (Å²) in [6.07, 6.45) is -2.28. The molecule has 1 aliphatic carbocycles. The van der Waals surface area contributed by atoms with Crippen LogP contribution in [0.3, 0.4) is 0 Å². The van der Waals surface area contributed by atoms with Gasteiger partial charge in [-0.1, -0.05) is 6.07 Å². The van der Waals surface area contributed by atoms with E-state index in [2.05, 4.69) is 14.9 Å². The number of benzene rings is 1. The van der Waals surface area contributed by atoms with E-state index in [0.717, 1.165) is 18.9 Å². The van der Waals surface area contributed by atoms with Crippen molar-refractivity contribution < 1.29 is 26.0 Å². The van der Waals surface area contributed by atoms with E-state index in [1.165, 1.54) is 6.20 Å². The minimum Gasteiger partial charge on any atom is -0.280 e. The molecule has 2 N–H and O–H groups in total. The van der Waals surface area contributed by atoms with Crippen LogP contribution in [-0.2, 0) is 16.2 Å². The molecule has 0 amide bonds. The quantitative estimate of drug-likeness (QED) is 0.832. The molecule has 5 nitrogen and oxygen atoms in total. The third kappa shape index (κ3) is 3.03. The number of hydrogen-bond acceptors (Lipinski definition) is 3. The minimum atomic E-state index is -5.13. The molecule has 1 saturated carbocycles. The molecule has 3 rings (SSSR count). The molecule has 0 unspecified atom stereocenters. The topological polar surface area (TPSA) is 74.8 Å². The van der Waals surface area contributed by atoms with Crippen LogP contribution in [0.5, 0.6) is 0 Å². The highest BCUT2D eigenvalue weighted by atomic mass is 32.2. The average molecular weight is 349 g/mol. The zero-order valence-corrected chi connectivity index (χ0v) is 12.3. The van der Waals surface area contributed by atoms with Crippen molar-refractivity contribution in [3.8, 4) is 0 Å². The molecule has 1 aliphatic rings. The monoisotopic (exact) mass is 349 g/mol. The van der Waals surface area contributed by atoms with Crippen LogP contribution < -0.4 is 4.72 Å². The molecule has 2 aromatic rings. The van der Waals surface area contributed by atoms with E-state index in [9.17, 15) is 26.0 Å². The minimum absolute atomic E-state index is 0.0740. The van der Waals surface area contributed by atoms with Crippen molar-refractivity contribution in [2.45, 2.75) is 29.8 Å². The van der Waals surface area contributed by atoms with Gasteiger partial charge < -0.3 is 0 Å². The van der Waals surface area contributed by atoms with E-state index in [1.54, 1.807) is 0 Å². The first-order valence-electron chi connectivity index (χ1n) is 6.62. The summed E-state index contributed by atoms with van der Waals surface area (Å²) in [5, 5.41) is 6.33. The molecule has 1 aromatic carbocycles. The lowest BCUT2D eigenvalue weighted by Gasteiger charge is -2.15. The summed E-state index contributed by atoms with van der Waals surface area (Å²) in [7, 11) is -4.62. The van der Waals surface area contributed by atoms with E-state index < -0.39 is 32.5 Å². The highest BCUT2D eigenvalue weighted by Gasteiger charge is 2.40. The zero-order chi connectivity index (χ0) is 16.8. The Morgan fingerprint density at radius 1 is 1.26 bits per heavy atom. The van der Waals surface area contributed by atoms with Gasteiger partial charge in [0.2, 0.25) is 0 Å². The number of nitrogens with zero attached hydrogens (tertiary/aromatic N) is 1. The van der Waals surface area contributed by atoms with Gasteiger partial charge in [-0.05, 0) is 25.0 Å². The number of sulfonamides is 1. The molecule has 10 heteroatoms. The molecule has 124 valence electrons. The number of alkyl halides is 3. The average Bonchev–Trinajstić information content (AvgIpc) is 3.18. The van der Waals surface area contributed by atoms with Gasteiger partial charge in [0, 0.05) is 5.92 Å². The first-order chi connectivity index (χ1) is 10.7. The van der Waals surface area contributed by atoms with Crippen LogP contribution in [0.2, 0.25) is 0 Å². The van der Waals surface area contributed by atoms with Crippen LogP contribution in [0.1, 0.15) is 30.0 Å². The summed E-state index contributed by atoms with van der Waals surface area (Å²) >= 11 is 0. The lowest BCUT2D eigenvalue weighted by atomic mass is 10.2. The number of H-pyrrole nitrogens is 1. The molecule has 1 aromatic heterocycles. The molecular weight excluding hydrogens is 338 g/mol. The first kappa shape index (κ1) is 15.8. The van der Waals surface area contributed by atoms with Gasteiger partial charge in [-0.25, -0.2) is 12.8 Å². The van der Waals surface area contributed by atoms with Gasteiger partial charge in [-0.2, -0.15) is 18.3 Å². The van der Waals surface area contributed by atoms with Gasteiger partial charge in [-0.3, -0.25) is 9.82 Å². The lowest BCUT2D eigenvalue weighted by molar-refractivity contribution is -0.142. The predicted molar refractivity (Wildman–Crippen MR) is 72.8 cm³/mol. The third-order valence-electron chi connectivity index (χ3n) is 3.45. The number of aromatic amines is 1. The Balaban J connectivity index is 2.03. The van der Waals surface area contributed by atoms with Crippen molar-refractivity contribution in [1.29, 1.82) is 0 Å². The van der Waals surface area contributed by atoms with Crippen LogP contribution >= 0.6 is 0 Å². The summed E-state index contributed by atoms with van der Waals surface area (Å²) in [6, 6.07) is 2.19. The van der Waals surface area contributed by atoms with Crippen LogP contribution in [0.4, 0.5) is 23.2 Å². The van der Waals surface area contributed by atoms with Crippen LogP contribution in [0, 0.1) is 5.82 Å². The Bertz CT molecular complexity index is 841. The summed E-state index contributed by atoms with van der Waals surface area (Å²) in [6.45, 7) is 0. The molecule has 1 heterocycles. The Morgan fingerprint density at radius 3 is 2.57 bits per heavy atom. The molecular formula is C13H11F4N3O2S. The second kappa shape index (κ2) is 5.22. The van der Waals surface area contributed by atoms with Crippen molar-refractivity contribution in [2.75, 3.05) is 4.72 Å². The number of halogens is 4. The second-order valence-electron chi connectivity index (χ2n) is 5.19. The fourth-order valence-electron chi connectivity index (χ4n) is 2.26. The molecule has 1 fully saturated rings. The standard InChI is InChI=1S/C13H11F4N3O2S/c14-8-2-1-3-10(11(8)13(15,16)17)23(21,22)20-9-6-18-19-12(9)7-4-5-7/h1-3,6-7,20H,4-5H2,(H,18,19). The SMILES string of the molecule is O=S(=O)(Nc1cn[nH]c1C1CC1)c1cccc(F)c1C(F)(F)F. The van der Waals surface area contributed by atoms with Crippen LogP contribution in [0.15, 0.2) is 29.3 Å². The van der Waals surface area contributed by atoms with Gasteiger partial charge in [-0.15, -0.1) is 0 Å². The van der Waals surface area contributed by atoms with Gasteiger partial charge in [0.15, 0.2) is 0 Å². The number of anilines is 1. The zero-order valence-electron chi connectivity index (χ0n) is 11.5. The van der Waals surface area contributed by atoms with Gasteiger partial charge in [0.25, 0.3) is 10.0 Å². The van der Waals surface area contributed by atoms with Crippen molar-refractivity contribution in [1.82, 2.24) is 10.2 Å². The van der Waals surface area contributed by atoms with Crippen LogP contribution in [0.25, 0.3) is 0 Å². The van der Waals surface area contributed by atoms with Crippen LogP contribution in [-0.4, -0.2) is 18.6 Å². The smallest absolute Gasteiger partial charge is 0.280 e. The number of hydrogen-bond donors (Lipinski definition) is 2. The fraction of sp³-hybridized carbons (Fsp3) is 0.308. The van der Waals surface area contributed by atoms with Crippen molar-refractivity contribution in [2.24, 2.45) is 0 Å². The molecule has 23 heavy (non-hydrogen) atoms. The maximum atomic E-state index is 13.5. The second-order valence-corrected chi connectivity index (χ2v) is 6.84.